The van der Waals surface area contributed by atoms with Crippen LogP contribution in [0.15, 0.2) is 41.3 Å². The summed E-state index contributed by atoms with van der Waals surface area (Å²) in [5.41, 5.74) is 1.64. The summed E-state index contributed by atoms with van der Waals surface area (Å²) in [5, 5.41) is 13.3. The van der Waals surface area contributed by atoms with E-state index in [0.717, 1.165) is 38.8 Å². The fourth-order valence-electron chi connectivity index (χ4n) is 4.81. The van der Waals surface area contributed by atoms with Crippen LogP contribution in [0.1, 0.15) is 47.6 Å². The third-order valence-corrected chi connectivity index (χ3v) is 6.74. The summed E-state index contributed by atoms with van der Waals surface area (Å²) in [4.78, 5) is 39.1. The van der Waals surface area contributed by atoms with Gasteiger partial charge in [0.05, 0.1) is 0 Å². The molecule has 3 aromatic rings. The highest BCUT2D eigenvalue weighted by molar-refractivity contribution is 5.95. The number of piperazine rings is 1. The molecule has 34 heavy (non-hydrogen) atoms. The minimum atomic E-state index is -0.300. The number of likely N-dealkylation sites (N-methyl/N-ethyl adjacent to an activating group) is 1. The highest BCUT2D eigenvalue weighted by Gasteiger charge is 2.23. The number of rotatable bonds is 4. The van der Waals surface area contributed by atoms with Crippen LogP contribution in [0.5, 0.6) is 0 Å². The Balaban J connectivity index is 1.45. The van der Waals surface area contributed by atoms with Gasteiger partial charge in [-0.15, -0.1) is 0 Å². The SMILES string of the molecule is CN1CCN(C(=O)c2cccc(Nc3ncc4cc(C#N)c(=O)n(C5CCCC5)c4n3)c2)CC1. The average molecular weight is 458 g/mol. The van der Waals surface area contributed by atoms with Gasteiger partial charge in [-0.3, -0.25) is 14.2 Å². The summed E-state index contributed by atoms with van der Waals surface area (Å²) in [5.74, 6) is 0.350. The molecule has 174 valence electrons. The van der Waals surface area contributed by atoms with Gasteiger partial charge in [-0.1, -0.05) is 18.9 Å². The van der Waals surface area contributed by atoms with Crippen LogP contribution in [0.3, 0.4) is 0 Å². The predicted octanol–water partition coefficient (Wildman–Crippen LogP) is 2.91. The molecule has 9 nitrogen and oxygen atoms in total. The lowest BCUT2D eigenvalue weighted by Crippen LogP contribution is -2.47. The van der Waals surface area contributed by atoms with Gasteiger partial charge in [0.25, 0.3) is 11.5 Å². The molecule has 1 saturated carbocycles. The number of hydrogen-bond donors (Lipinski definition) is 1. The van der Waals surface area contributed by atoms with Gasteiger partial charge in [-0.2, -0.15) is 10.2 Å². The second-order valence-corrected chi connectivity index (χ2v) is 9.06. The first kappa shape index (κ1) is 22.0. The number of nitriles is 1. The van der Waals surface area contributed by atoms with Crippen molar-refractivity contribution >= 4 is 28.6 Å². The molecule has 0 spiro atoms. The van der Waals surface area contributed by atoms with Crippen molar-refractivity contribution in [3.05, 3.63) is 58.0 Å². The number of anilines is 2. The van der Waals surface area contributed by atoms with Gasteiger partial charge in [0.2, 0.25) is 5.95 Å². The third-order valence-electron chi connectivity index (χ3n) is 6.74. The van der Waals surface area contributed by atoms with Crippen LogP contribution in [0, 0.1) is 11.3 Å². The fraction of sp³-hybridized carbons (Fsp3) is 0.400. The first-order valence-corrected chi connectivity index (χ1v) is 11.7. The van der Waals surface area contributed by atoms with Crippen molar-refractivity contribution in [3.63, 3.8) is 0 Å². The monoisotopic (exact) mass is 457 g/mol. The molecule has 2 aliphatic rings. The summed E-state index contributed by atoms with van der Waals surface area (Å²) >= 11 is 0. The first-order valence-electron chi connectivity index (χ1n) is 11.7. The van der Waals surface area contributed by atoms with E-state index in [1.165, 1.54) is 0 Å². The van der Waals surface area contributed by atoms with Crippen molar-refractivity contribution in [1.29, 1.82) is 5.26 Å². The topological polar surface area (TPSA) is 107 Å². The molecule has 1 aromatic carbocycles. The molecule has 0 bridgehead atoms. The van der Waals surface area contributed by atoms with E-state index in [0.29, 0.717) is 41.3 Å². The Kier molecular flexibility index (Phi) is 5.99. The zero-order valence-electron chi connectivity index (χ0n) is 19.2. The molecular weight excluding hydrogens is 430 g/mol. The summed E-state index contributed by atoms with van der Waals surface area (Å²) in [6, 6.07) is 10.9. The number of benzene rings is 1. The molecule has 2 aromatic heterocycles. The maximum absolute atomic E-state index is 13.0. The fourth-order valence-corrected chi connectivity index (χ4v) is 4.81. The summed E-state index contributed by atoms with van der Waals surface area (Å²) in [7, 11) is 2.06. The van der Waals surface area contributed by atoms with E-state index in [-0.39, 0.29) is 23.1 Å². The smallest absolute Gasteiger partial charge is 0.270 e. The van der Waals surface area contributed by atoms with Crippen molar-refractivity contribution in [2.75, 3.05) is 38.5 Å². The molecule has 3 heterocycles. The van der Waals surface area contributed by atoms with Crippen LogP contribution in [0.2, 0.25) is 0 Å². The van der Waals surface area contributed by atoms with Crippen molar-refractivity contribution < 1.29 is 4.79 Å². The van der Waals surface area contributed by atoms with Crippen LogP contribution >= 0.6 is 0 Å². The zero-order valence-corrected chi connectivity index (χ0v) is 19.2. The summed E-state index contributed by atoms with van der Waals surface area (Å²) < 4.78 is 1.67. The van der Waals surface area contributed by atoms with Gasteiger partial charge in [-0.05, 0) is 44.2 Å². The van der Waals surface area contributed by atoms with E-state index in [4.69, 9.17) is 0 Å². The minimum absolute atomic E-state index is 0.00952. The molecule has 2 fully saturated rings. The van der Waals surface area contributed by atoms with Gasteiger partial charge in [0.1, 0.15) is 17.3 Å². The Hall–Kier alpha value is -3.77. The van der Waals surface area contributed by atoms with E-state index >= 15 is 0 Å². The minimum Gasteiger partial charge on any atom is -0.336 e. The molecule has 1 aliphatic heterocycles. The average Bonchev–Trinajstić information content (AvgIpc) is 3.38. The Morgan fingerprint density at radius 3 is 2.65 bits per heavy atom. The van der Waals surface area contributed by atoms with Crippen LogP contribution in [0.4, 0.5) is 11.6 Å². The maximum Gasteiger partial charge on any atom is 0.270 e. The van der Waals surface area contributed by atoms with Crippen molar-refractivity contribution in [2.45, 2.75) is 31.7 Å². The van der Waals surface area contributed by atoms with E-state index in [1.54, 1.807) is 22.9 Å². The number of amides is 1. The summed E-state index contributed by atoms with van der Waals surface area (Å²) in [6.07, 6.45) is 5.54. The molecule has 0 atom stereocenters. The second-order valence-electron chi connectivity index (χ2n) is 9.06. The molecule has 0 radical (unpaired) electrons. The lowest BCUT2D eigenvalue weighted by atomic mass is 10.1. The van der Waals surface area contributed by atoms with E-state index in [9.17, 15) is 14.9 Å². The number of aromatic nitrogens is 3. The molecule has 0 unspecified atom stereocenters. The zero-order chi connectivity index (χ0) is 23.7. The number of pyridine rings is 1. The van der Waals surface area contributed by atoms with Crippen LogP contribution in [-0.4, -0.2) is 63.5 Å². The second kappa shape index (κ2) is 9.23. The molecule has 1 saturated heterocycles. The normalized spacial score (nSPS) is 17.1. The van der Waals surface area contributed by atoms with Gasteiger partial charge in [0, 0.05) is 55.1 Å². The molecule has 1 amide bonds. The molecule has 1 N–H and O–H groups in total. The quantitative estimate of drug-likeness (QED) is 0.642. The van der Waals surface area contributed by atoms with Gasteiger partial charge < -0.3 is 15.1 Å². The Labute approximate surface area is 197 Å². The molecule has 1 aliphatic carbocycles. The highest BCUT2D eigenvalue weighted by Crippen LogP contribution is 2.31. The first-order chi connectivity index (χ1) is 16.5. The van der Waals surface area contributed by atoms with Crippen LogP contribution < -0.4 is 10.9 Å². The Bertz CT molecular complexity index is 1330. The number of fused-ring (bicyclic) bond motifs is 1. The van der Waals surface area contributed by atoms with Gasteiger partial charge >= 0.3 is 0 Å². The van der Waals surface area contributed by atoms with E-state index < -0.39 is 0 Å². The summed E-state index contributed by atoms with van der Waals surface area (Å²) in [6.45, 7) is 3.16. The number of nitrogens with one attached hydrogen (secondary N) is 1. The molecule has 9 heteroatoms. The highest BCUT2D eigenvalue weighted by atomic mass is 16.2. The van der Waals surface area contributed by atoms with Crippen molar-refractivity contribution in [2.24, 2.45) is 0 Å². The van der Waals surface area contributed by atoms with Gasteiger partial charge in [0.15, 0.2) is 0 Å². The Morgan fingerprint density at radius 1 is 1.15 bits per heavy atom. The number of nitrogens with zero attached hydrogens (tertiary/aromatic N) is 6. The Morgan fingerprint density at radius 2 is 1.91 bits per heavy atom. The molecular formula is C25H27N7O2. The molecule has 5 rings (SSSR count). The van der Waals surface area contributed by atoms with Crippen molar-refractivity contribution in [3.8, 4) is 6.07 Å². The predicted molar refractivity (Wildman–Crippen MR) is 129 cm³/mol. The van der Waals surface area contributed by atoms with Crippen LogP contribution in [0.25, 0.3) is 11.0 Å². The third kappa shape index (κ3) is 4.24. The van der Waals surface area contributed by atoms with E-state index in [2.05, 4.69) is 27.2 Å². The lowest BCUT2D eigenvalue weighted by Gasteiger charge is -2.32. The number of carbonyl (C=O) groups excluding carboxylic acids is 1. The maximum atomic E-state index is 13.0. The van der Waals surface area contributed by atoms with Crippen molar-refractivity contribution in [1.82, 2.24) is 24.3 Å². The number of hydrogen-bond acceptors (Lipinski definition) is 7. The lowest BCUT2D eigenvalue weighted by molar-refractivity contribution is 0.0664. The van der Waals surface area contributed by atoms with E-state index in [1.807, 2.05) is 29.2 Å². The standard InChI is InChI=1S/C25H27N7O2/c1-30-9-11-31(12-10-30)23(33)17-5-4-6-20(14-17)28-25-27-16-19-13-18(15-26)24(34)32(22(19)29-25)21-7-2-3-8-21/h4-6,13-14,16,21H,2-3,7-12H2,1H3,(H,27,28,29). The van der Waals surface area contributed by atoms with Crippen LogP contribution in [-0.2, 0) is 0 Å². The largest absolute Gasteiger partial charge is 0.336 e. The van der Waals surface area contributed by atoms with Gasteiger partial charge in [-0.25, -0.2) is 4.98 Å². The number of carbonyl (C=O) groups is 1.